The van der Waals surface area contributed by atoms with Gasteiger partial charge in [-0.15, -0.1) is 5.10 Å². The normalized spacial score (nSPS) is 15.6. The molecule has 8 heteroatoms. The maximum absolute atomic E-state index is 12.8. The van der Waals surface area contributed by atoms with Crippen LogP contribution in [0.1, 0.15) is 23.0 Å². The third kappa shape index (κ3) is 3.34. The number of rotatable bonds is 4. The van der Waals surface area contributed by atoms with Gasteiger partial charge >= 0.3 is 0 Å². The maximum Gasteiger partial charge on any atom is 0.198 e. The minimum absolute atomic E-state index is 0.00315. The Morgan fingerprint density at radius 1 is 1.10 bits per heavy atom. The van der Waals surface area contributed by atoms with Crippen molar-refractivity contribution in [3.8, 4) is 23.0 Å². The lowest BCUT2D eigenvalue weighted by Crippen LogP contribution is -2.33. The van der Waals surface area contributed by atoms with Gasteiger partial charge in [0.2, 0.25) is 0 Å². The highest BCUT2D eigenvalue weighted by molar-refractivity contribution is 5.82. The zero-order valence-corrected chi connectivity index (χ0v) is 17.6. The van der Waals surface area contributed by atoms with E-state index in [4.69, 9.17) is 19.6 Å². The lowest BCUT2D eigenvalue weighted by atomic mass is 10.0. The van der Waals surface area contributed by atoms with Crippen molar-refractivity contribution in [2.75, 3.05) is 14.2 Å². The molecule has 1 unspecified atom stereocenters. The van der Waals surface area contributed by atoms with Gasteiger partial charge in [-0.05, 0) is 36.8 Å². The number of nitrogens with one attached hydrogen (secondary N) is 2. The van der Waals surface area contributed by atoms with E-state index in [2.05, 4.69) is 10.3 Å². The number of aromatic nitrogens is 4. The van der Waals surface area contributed by atoms with E-state index in [9.17, 15) is 4.79 Å². The Bertz CT molecular complexity index is 1320. The maximum atomic E-state index is 12.8. The lowest BCUT2D eigenvalue weighted by molar-refractivity contribution is 0.363. The molecular weight excluding hydrogens is 394 g/mol. The van der Waals surface area contributed by atoms with Crippen LogP contribution in [0.15, 0.2) is 47.3 Å². The summed E-state index contributed by atoms with van der Waals surface area (Å²) in [6, 6.07) is 13.4. The molecule has 0 fully saturated rings. The molecule has 1 aliphatic rings. The zero-order chi connectivity index (χ0) is 21.5. The molecule has 1 atom stereocenters. The summed E-state index contributed by atoms with van der Waals surface area (Å²) in [4.78, 5) is 20.8. The van der Waals surface area contributed by atoms with Gasteiger partial charge in [0, 0.05) is 22.5 Å². The van der Waals surface area contributed by atoms with E-state index >= 15 is 0 Å². The second kappa shape index (κ2) is 7.55. The molecule has 31 heavy (non-hydrogen) atoms. The highest BCUT2D eigenvalue weighted by Crippen LogP contribution is 2.29. The average molecular weight is 417 g/mol. The number of ether oxygens (including phenoxy) is 2. The van der Waals surface area contributed by atoms with Gasteiger partial charge in [-0.3, -0.25) is 4.79 Å². The first kappa shape index (κ1) is 19.3. The Morgan fingerprint density at radius 3 is 2.58 bits per heavy atom. The Balaban J connectivity index is 1.51. The summed E-state index contributed by atoms with van der Waals surface area (Å²) >= 11 is 0. The van der Waals surface area contributed by atoms with Crippen LogP contribution >= 0.6 is 0 Å². The molecule has 5 rings (SSSR count). The van der Waals surface area contributed by atoms with Crippen LogP contribution in [-0.2, 0) is 13.1 Å². The van der Waals surface area contributed by atoms with Crippen molar-refractivity contribution < 1.29 is 9.47 Å². The molecule has 0 radical (unpaired) electrons. The van der Waals surface area contributed by atoms with Crippen LogP contribution in [0.2, 0.25) is 0 Å². The van der Waals surface area contributed by atoms with Crippen molar-refractivity contribution in [3.05, 3.63) is 69.6 Å². The Kier molecular flexibility index (Phi) is 4.71. The number of hydrogen-bond donors (Lipinski definition) is 2. The molecule has 1 aliphatic heterocycles. The minimum Gasteiger partial charge on any atom is -0.497 e. The predicted octanol–water partition coefficient (Wildman–Crippen LogP) is 2.96. The van der Waals surface area contributed by atoms with Gasteiger partial charge in [0.15, 0.2) is 11.3 Å². The molecule has 0 amide bonds. The summed E-state index contributed by atoms with van der Waals surface area (Å²) < 4.78 is 12.7. The molecule has 0 spiro atoms. The predicted molar refractivity (Wildman–Crippen MR) is 117 cm³/mol. The lowest BCUT2D eigenvalue weighted by Gasteiger charge is -2.25. The number of H-pyrrole nitrogens is 1. The van der Waals surface area contributed by atoms with Crippen molar-refractivity contribution in [3.63, 3.8) is 0 Å². The third-order valence-electron chi connectivity index (χ3n) is 5.76. The van der Waals surface area contributed by atoms with Crippen LogP contribution in [-0.4, -0.2) is 34.0 Å². The fourth-order valence-electron chi connectivity index (χ4n) is 4.02. The molecule has 8 nitrogen and oxygen atoms in total. The van der Waals surface area contributed by atoms with Crippen molar-refractivity contribution >= 4 is 10.9 Å². The number of para-hydroxylation sites is 1. The molecule has 0 bridgehead atoms. The van der Waals surface area contributed by atoms with E-state index in [0.29, 0.717) is 35.6 Å². The van der Waals surface area contributed by atoms with Gasteiger partial charge in [0.25, 0.3) is 0 Å². The molecule has 2 aromatic heterocycles. The van der Waals surface area contributed by atoms with E-state index in [-0.39, 0.29) is 11.5 Å². The molecule has 2 aromatic carbocycles. The van der Waals surface area contributed by atoms with Gasteiger partial charge < -0.3 is 19.8 Å². The van der Waals surface area contributed by atoms with Crippen LogP contribution in [0.4, 0.5) is 0 Å². The molecule has 0 saturated heterocycles. The third-order valence-corrected chi connectivity index (χ3v) is 5.76. The van der Waals surface area contributed by atoms with Crippen LogP contribution in [0, 0.1) is 6.92 Å². The number of pyridine rings is 1. The highest BCUT2D eigenvalue weighted by Gasteiger charge is 2.25. The van der Waals surface area contributed by atoms with Crippen LogP contribution in [0.5, 0.6) is 11.5 Å². The van der Waals surface area contributed by atoms with Crippen molar-refractivity contribution in [2.45, 2.75) is 26.1 Å². The van der Waals surface area contributed by atoms with E-state index in [0.717, 1.165) is 28.4 Å². The second-order valence-corrected chi connectivity index (χ2v) is 7.61. The van der Waals surface area contributed by atoms with Gasteiger partial charge in [-0.1, -0.05) is 12.1 Å². The minimum atomic E-state index is -0.00315. The smallest absolute Gasteiger partial charge is 0.198 e. The van der Waals surface area contributed by atoms with Gasteiger partial charge in [-0.25, -0.2) is 9.67 Å². The molecule has 158 valence electrons. The molecule has 0 aliphatic carbocycles. The van der Waals surface area contributed by atoms with Crippen molar-refractivity contribution in [1.29, 1.82) is 0 Å². The fourth-order valence-corrected chi connectivity index (χ4v) is 4.02. The first-order valence-electron chi connectivity index (χ1n) is 10.1. The first-order chi connectivity index (χ1) is 15.1. The summed E-state index contributed by atoms with van der Waals surface area (Å²) in [5.74, 6) is 2.84. The SMILES string of the molecule is COc1cc(OC)cc(C2Cn3nc(-c4[nH]c5ccccc5c(=O)c4C)nc3CN2)c1. The van der Waals surface area contributed by atoms with Crippen LogP contribution in [0.25, 0.3) is 22.4 Å². The van der Waals surface area contributed by atoms with E-state index in [1.165, 1.54) is 0 Å². The molecule has 4 aromatic rings. The van der Waals surface area contributed by atoms with Crippen LogP contribution in [0.3, 0.4) is 0 Å². The second-order valence-electron chi connectivity index (χ2n) is 7.61. The highest BCUT2D eigenvalue weighted by atomic mass is 16.5. The largest absolute Gasteiger partial charge is 0.497 e. The Hall–Kier alpha value is -3.65. The van der Waals surface area contributed by atoms with E-state index in [1.54, 1.807) is 14.2 Å². The number of nitrogens with zero attached hydrogens (tertiary/aromatic N) is 3. The summed E-state index contributed by atoms with van der Waals surface area (Å²) in [5, 5.41) is 8.90. The zero-order valence-electron chi connectivity index (χ0n) is 17.6. The van der Waals surface area contributed by atoms with Crippen LogP contribution < -0.4 is 20.2 Å². The Labute approximate surface area is 178 Å². The van der Waals surface area contributed by atoms with E-state index in [1.807, 2.05) is 54.1 Å². The number of methoxy groups -OCH3 is 2. The molecule has 0 saturated carbocycles. The number of aromatic amines is 1. The number of fused-ring (bicyclic) bond motifs is 2. The molecule has 2 N–H and O–H groups in total. The van der Waals surface area contributed by atoms with Gasteiger partial charge in [-0.2, -0.15) is 0 Å². The summed E-state index contributed by atoms with van der Waals surface area (Å²) in [5.41, 5.74) is 3.10. The molecule has 3 heterocycles. The standard InChI is InChI=1S/C23H23N5O3/c1-13-21(25-18-7-5-4-6-17(18)22(13)29)23-26-20-11-24-19(12-28(20)27-23)14-8-15(30-2)10-16(9-14)31-3/h4-10,19,24H,11-12H2,1-3H3,(H,25,29). The number of hydrogen-bond acceptors (Lipinski definition) is 6. The quantitative estimate of drug-likeness (QED) is 0.530. The van der Waals surface area contributed by atoms with Gasteiger partial charge in [0.1, 0.15) is 17.3 Å². The first-order valence-corrected chi connectivity index (χ1v) is 10.1. The van der Waals surface area contributed by atoms with Gasteiger partial charge in [0.05, 0.1) is 39.0 Å². The number of benzene rings is 2. The Morgan fingerprint density at radius 2 is 1.84 bits per heavy atom. The summed E-state index contributed by atoms with van der Waals surface area (Å²) in [6.07, 6.45) is 0. The van der Waals surface area contributed by atoms with Crippen molar-refractivity contribution in [1.82, 2.24) is 25.1 Å². The van der Waals surface area contributed by atoms with E-state index < -0.39 is 0 Å². The summed E-state index contributed by atoms with van der Waals surface area (Å²) in [7, 11) is 3.28. The monoisotopic (exact) mass is 417 g/mol. The molecular formula is C23H23N5O3. The average Bonchev–Trinajstić information content (AvgIpc) is 3.24. The van der Waals surface area contributed by atoms with Crippen molar-refractivity contribution in [2.24, 2.45) is 0 Å². The topological polar surface area (TPSA) is 94.1 Å². The fraction of sp³-hybridized carbons (Fsp3) is 0.261. The summed E-state index contributed by atoms with van der Waals surface area (Å²) in [6.45, 7) is 2.98.